The molecule has 1 aliphatic heterocycles. The Bertz CT molecular complexity index is 1320. The van der Waals surface area contributed by atoms with Crippen molar-refractivity contribution in [3.05, 3.63) is 72.2 Å². The van der Waals surface area contributed by atoms with Gasteiger partial charge in [0.15, 0.2) is 0 Å². The van der Waals surface area contributed by atoms with Crippen LogP contribution in [0, 0.1) is 0 Å². The molecule has 1 aliphatic rings. The number of nitrogens with zero attached hydrogens (tertiary/aromatic N) is 2. The number of ether oxygens (including phenoxy) is 2. The Morgan fingerprint density at radius 3 is 2.67 bits per heavy atom. The third-order valence-corrected chi connectivity index (χ3v) is 6.29. The molecule has 0 fully saturated rings. The number of halogens is 3. The first-order chi connectivity index (χ1) is 17.1. The van der Waals surface area contributed by atoms with E-state index in [9.17, 15) is 26.4 Å². The minimum absolute atomic E-state index is 0.0395. The second-order valence-electron chi connectivity index (χ2n) is 7.74. The van der Waals surface area contributed by atoms with E-state index in [1.165, 1.54) is 48.9 Å². The van der Waals surface area contributed by atoms with Crippen LogP contribution in [-0.2, 0) is 16.5 Å². The van der Waals surface area contributed by atoms with Crippen LogP contribution >= 0.6 is 0 Å². The summed E-state index contributed by atoms with van der Waals surface area (Å²) in [5.41, 5.74) is 0.626. The van der Waals surface area contributed by atoms with Crippen molar-refractivity contribution in [2.45, 2.75) is 30.0 Å². The van der Waals surface area contributed by atoms with Crippen LogP contribution in [0.5, 0.6) is 17.4 Å². The van der Waals surface area contributed by atoms with Gasteiger partial charge in [0.05, 0.1) is 24.6 Å². The fourth-order valence-electron chi connectivity index (χ4n) is 3.35. The summed E-state index contributed by atoms with van der Waals surface area (Å²) in [6, 6.07) is 9.74. The number of carbonyl (C=O) groups excluding carboxylic acids is 1. The summed E-state index contributed by atoms with van der Waals surface area (Å²) in [7, 11) is -4.14. The normalized spacial score (nSPS) is 15.4. The molecule has 9 nitrogen and oxygen atoms in total. The standard InChI is InChI=1S/C23H20F3N3O6S/c24-23(25,26)8-10-33-21-7-6-15(12-28-21)22(30)29-16-11-18-19(34-14-16)4-1-5-20(18)35-36(31,32)17-3-2-9-27-13-17/h1-7,9,12-13,16H,8,10-11,14H2,(H,29,30). The van der Waals surface area contributed by atoms with Crippen LogP contribution in [0.1, 0.15) is 22.3 Å². The topological polar surface area (TPSA) is 117 Å². The maximum absolute atomic E-state index is 12.7. The highest BCUT2D eigenvalue weighted by Crippen LogP contribution is 2.34. The van der Waals surface area contributed by atoms with Crippen LogP contribution in [0.15, 0.2) is 66.0 Å². The number of benzene rings is 1. The van der Waals surface area contributed by atoms with E-state index in [0.717, 1.165) is 0 Å². The average molecular weight is 523 g/mol. The van der Waals surface area contributed by atoms with Gasteiger partial charge in [-0.1, -0.05) is 6.07 Å². The van der Waals surface area contributed by atoms with Crippen LogP contribution < -0.4 is 19.0 Å². The molecule has 1 unspecified atom stereocenters. The lowest BCUT2D eigenvalue weighted by Crippen LogP contribution is -2.42. The first-order valence-corrected chi connectivity index (χ1v) is 12.1. The molecule has 1 amide bonds. The second-order valence-corrected chi connectivity index (χ2v) is 9.29. The number of aromatic nitrogens is 2. The number of alkyl halides is 3. The molecule has 190 valence electrons. The zero-order valence-electron chi connectivity index (χ0n) is 18.6. The predicted molar refractivity (Wildman–Crippen MR) is 119 cm³/mol. The molecule has 0 bridgehead atoms. The Morgan fingerprint density at radius 2 is 1.97 bits per heavy atom. The van der Waals surface area contributed by atoms with Gasteiger partial charge in [0.1, 0.15) is 23.0 Å². The van der Waals surface area contributed by atoms with Gasteiger partial charge in [-0.25, -0.2) is 4.98 Å². The van der Waals surface area contributed by atoms with Crippen molar-refractivity contribution in [3.63, 3.8) is 0 Å². The number of hydrogen-bond acceptors (Lipinski definition) is 8. The van der Waals surface area contributed by atoms with E-state index in [2.05, 4.69) is 15.3 Å². The molecule has 36 heavy (non-hydrogen) atoms. The summed E-state index contributed by atoms with van der Waals surface area (Å²) in [5.74, 6) is -0.0381. The van der Waals surface area contributed by atoms with Crippen molar-refractivity contribution in [1.29, 1.82) is 0 Å². The maximum atomic E-state index is 12.7. The molecule has 0 saturated heterocycles. The van der Waals surface area contributed by atoms with Crippen LogP contribution in [0.25, 0.3) is 0 Å². The smallest absolute Gasteiger partial charge is 0.392 e. The van der Waals surface area contributed by atoms with Gasteiger partial charge in [0, 0.05) is 36.6 Å². The summed E-state index contributed by atoms with van der Waals surface area (Å²) in [6.07, 6.45) is -1.43. The van der Waals surface area contributed by atoms with Gasteiger partial charge in [-0.3, -0.25) is 9.78 Å². The third-order valence-electron chi connectivity index (χ3n) is 5.07. The molecule has 0 spiro atoms. The van der Waals surface area contributed by atoms with Crippen LogP contribution in [0.3, 0.4) is 0 Å². The average Bonchev–Trinajstić information content (AvgIpc) is 2.84. The highest BCUT2D eigenvalue weighted by molar-refractivity contribution is 7.87. The van der Waals surface area contributed by atoms with Crippen molar-refractivity contribution in [3.8, 4) is 17.4 Å². The van der Waals surface area contributed by atoms with Gasteiger partial charge in [0.2, 0.25) is 5.88 Å². The van der Waals surface area contributed by atoms with Crippen molar-refractivity contribution in [2.24, 2.45) is 0 Å². The molecule has 3 heterocycles. The number of amides is 1. The monoisotopic (exact) mass is 523 g/mol. The number of fused-ring (bicyclic) bond motifs is 1. The Labute approximate surface area is 204 Å². The minimum Gasteiger partial charge on any atom is -0.491 e. The van der Waals surface area contributed by atoms with E-state index < -0.39 is 41.3 Å². The van der Waals surface area contributed by atoms with Gasteiger partial charge in [-0.2, -0.15) is 21.6 Å². The van der Waals surface area contributed by atoms with Crippen molar-refractivity contribution in [1.82, 2.24) is 15.3 Å². The molecule has 2 aromatic heterocycles. The summed E-state index contributed by atoms with van der Waals surface area (Å²) in [5, 5.41) is 2.77. The summed E-state index contributed by atoms with van der Waals surface area (Å²) >= 11 is 0. The minimum atomic E-state index is -4.34. The van der Waals surface area contributed by atoms with Crippen LogP contribution in [0.2, 0.25) is 0 Å². The van der Waals surface area contributed by atoms with Crippen molar-refractivity contribution in [2.75, 3.05) is 13.2 Å². The molecular formula is C23H20F3N3O6S. The van der Waals surface area contributed by atoms with E-state index in [1.54, 1.807) is 12.1 Å². The van der Waals surface area contributed by atoms with Gasteiger partial charge in [-0.05, 0) is 30.3 Å². The summed E-state index contributed by atoms with van der Waals surface area (Å²) in [6.45, 7) is -0.453. The highest BCUT2D eigenvalue weighted by atomic mass is 32.2. The number of nitrogens with one attached hydrogen (secondary N) is 1. The van der Waals surface area contributed by atoms with Crippen LogP contribution in [-0.4, -0.2) is 49.7 Å². The van der Waals surface area contributed by atoms with Gasteiger partial charge in [-0.15, -0.1) is 0 Å². The first-order valence-electron chi connectivity index (χ1n) is 10.7. The van der Waals surface area contributed by atoms with E-state index in [-0.39, 0.29) is 35.1 Å². The fraction of sp³-hybridized carbons (Fsp3) is 0.261. The predicted octanol–water partition coefficient (Wildman–Crippen LogP) is 3.31. The van der Waals surface area contributed by atoms with E-state index in [4.69, 9.17) is 13.7 Å². The fourth-order valence-corrected chi connectivity index (χ4v) is 4.27. The Kier molecular flexibility index (Phi) is 7.29. The summed E-state index contributed by atoms with van der Waals surface area (Å²) in [4.78, 5) is 20.2. The largest absolute Gasteiger partial charge is 0.491 e. The number of pyridine rings is 2. The molecule has 1 atom stereocenters. The van der Waals surface area contributed by atoms with Crippen LogP contribution in [0.4, 0.5) is 13.2 Å². The lowest BCUT2D eigenvalue weighted by molar-refractivity contribution is -0.139. The molecule has 4 rings (SSSR count). The molecule has 0 saturated carbocycles. The zero-order valence-corrected chi connectivity index (χ0v) is 19.4. The van der Waals surface area contributed by atoms with Gasteiger partial charge in [0.25, 0.3) is 5.91 Å². The van der Waals surface area contributed by atoms with E-state index in [0.29, 0.717) is 11.3 Å². The molecule has 3 aromatic rings. The lowest BCUT2D eigenvalue weighted by atomic mass is 10.0. The van der Waals surface area contributed by atoms with Gasteiger partial charge < -0.3 is 19.0 Å². The highest BCUT2D eigenvalue weighted by Gasteiger charge is 2.28. The second kappa shape index (κ2) is 10.4. The zero-order chi connectivity index (χ0) is 25.8. The van der Waals surface area contributed by atoms with Gasteiger partial charge >= 0.3 is 16.3 Å². The van der Waals surface area contributed by atoms with E-state index in [1.807, 2.05) is 0 Å². The molecule has 1 N–H and O–H groups in total. The molecular weight excluding hydrogens is 503 g/mol. The Morgan fingerprint density at radius 1 is 1.14 bits per heavy atom. The molecule has 1 aromatic carbocycles. The maximum Gasteiger partial charge on any atom is 0.392 e. The Hall–Kier alpha value is -3.87. The number of rotatable bonds is 8. The van der Waals surface area contributed by atoms with Crippen molar-refractivity contribution >= 4 is 16.0 Å². The number of carbonyl (C=O) groups is 1. The quantitative estimate of drug-likeness (QED) is 0.447. The molecule has 13 heteroatoms. The first kappa shape index (κ1) is 25.2. The Balaban J connectivity index is 1.40. The van der Waals surface area contributed by atoms with E-state index >= 15 is 0 Å². The number of hydrogen-bond donors (Lipinski definition) is 1. The summed E-state index contributed by atoms with van der Waals surface area (Å²) < 4.78 is 77.9. The SMILES string of the molecule is O=C(NC1COc2cccc(OS(=O)(=O)c3cccnc3)c2C1)c1ccc(OCCC(F)(F)F)nc1. The lowest BCUT2D eigenvalue weighted by Gasteiger charge is -2.27. The van der Waals surface area contributed by atoms with Crippen molar-refractivity contribution < 1.29 is 40.0 Å². The molecule has 0 aliphatic carbocycles. The third kappa shape index (κ3) is 6.42. The molecule has 0 radical (unpaired) electrons.